The monoisotopic (exact) mass is 254 g/mol. The van der Waals surface area contributed by atoms with Crippen LogP contribution in [-0.4, -0.2) is 0 Å². The van der Waals surface area contributed by atoms with Crippen molar-refractivity contribution >= 4 is 31.9 Å². The minimum absolute atomic E-state index is 0.0374. The number of hydrogen-bond donors (Lipinski definition) is 0. The van der Waals surface area contributed by atoms with E-state index in [-0.39, 0.29) is 32.6 Å². The van der Waals surface area contributed by atoms with Gasteiger partial charge in [-0.2, -0.15) is 0 Å². The highest BCUT2D eigenvalue weighted by atomic mass is 79.9. The summed E-state index contributed by atoms with van der Waals surface area (Å²) in [7, 11) is 0. The molecular weight excluding hydrogens is 244 g/mol. The fourth-order valence-electron chi connectivity index (χ4n) is 0.362. The zero-order valence-corrected chi connectivity index (χ0v) is 7.43. The van der Waals surface area contributed by atoms with Crippen molar-refractivity contribution in [2.75, 3.05) is 0 Å². The first-order valence-electron chi connectivity index (χ1n) is 5.13. The van der Waals surface area contributed by atoms with Crippen LogP contribution in [0.1, 0.15) is 13.8 Å². The van der Waals surface area contributed by atoms with Crippen molar-refractivity contribution in [3.63, 3.8) is 0 Å². The van der Waals surface area contributed by atoms with Crippen molar-refractivity contribution in [1.29, 1.82) is 0 Å². The molecule has 0 radical (unpaired) electrons. The van der Waals surface area contributed by atoms with E-state index in [4.69, 9.17) is 8.22 Å². The van der Waals surface area contributed by atoms with Crippen LogP contribution in [0.2, 0.25) is 0 Å². The molecule has 0 saturated heterocycles. The SMILES string of the molecule is [2H]c1c([2H])c(Br)c(C([2H])([2H])[2H])c(Br)c1[2H]. The van der Waals surface area contributed by atoms with E-state index in [0.717, 1.165) is 0 Å². The largest absolute Gasteiger partial charge is 0.0635 e. The summed E-state index contributed by atoms with van der Waals surface area (Å²) >= 11 is 5.94. The van der Waals surface area contributed by atoms with E-state index >= 15 is 0 Å². The fourth-order valence-corrected chi connectivity index (χ4v) is 1.22. The van der Waals surface area contributed by atoms with Gasteiger partial charge in [0.05, 0.1) is 4.11 Å². The van der Waals surface area contributed by atoms with Gasteiger partial charge in [-0.05, 0) is 24.5 Å². The van der Waals surface area contributed by atoms with Crippen LogP contribution in [0.3, 0.4) is 0 Å². The maximum atomic E-state index is 7.48. The van der Waals surface area contributed by atoms with Gasteiger partial charge in [-0.1, -0.05) is 37.9 Å². The predicted molar refractivity (Wildman–Crippen MR) is 46.6 cm³/mol. The topological polar surface area (TPSA) is 0 Å². The Bertz CT molecular complexity index is 382. The zero-order chi connectivity index (χ0) is 12.0. The Kier molecular flexibility index (Phi) is 0.842. The second-order valence-corrected chi connectivity index (χ2v) is 2.96. The highest BCUT2D eigenvalue weighted by Crippen LogP contribution is 2.23. The molecule has 9 heavy (non-hydrogen) atoms. The van der Waals surface area contributed by atoms with Crippen molar-refractivity contribution < 1.29 is 8.22 Å². The van der Waals surface area contributed by atoms with Crippen molar-refractivity contribution in [3.8, 4) is 0 Å². The van der Waals surface area contributed by atoms with E-state index < -0.39 is 6.85 Å². The molecule has 0 nitrogen and oxygen atoms in total. The molecule has 2 heteroatoms. The van der Waals surface area contributed by atoms with Gasteiger partial charge in [0.2, 0.25) is 0 Å². The Labute approximate surface area is 80.0 Å². The van der Waals surface area contributed by atoms with E-state index in [9.17, 15) is 0 Å². The molecule has 1 aromatic rings. The maximum absolute atomic E-state index is 7.48. The molecule has 0 aliphatic heterocycles. The second kappa shape index (κ2) is 2.84. The first-order valence-corrected chi connectivity index (χ1v) is 3.71. The van der Waals surface area contributed by atoms with Crippen molar-refractivity contribution in [1.82, 2.24) is 0 Å². The summed E-state index contributed by atoms with van der Waals surface area (Å²) in [5.41, 5.74) is -0.131. The molecule has 48 valence electrons. The van der Waals surface area contributed by atoms with E-state index in [1.807, 2.05) is 0 Å². The molecule has 0 amide bonds. The minimum Gasteiger partial charge on any atom is -0.0600 e. The summed E-state index contributed by atoms with van der Waals surface area (Å²) < 4.78 is 44.2. The quantitative estimate of drug-likeness (QED) is 0.666. The maximum Gasteiger partial charge on any atom is 0.0635 e. The lowest BCUT2D eigenvalue weighted by atomic mass is 10.2. The zero-order valence-electron chi connectivity index (χ0n) is 10.3. The number of halogens is 2. The lowest BCUT2D eigenvalue weighted by molar-refractivity contribution is 1.40. The normalized spacial score (nSPS) is 20.7. The van der Waals surface area contributed by atoms with Crippen molar-refractivity contribution in [2.45, 2.75) is 6.85 Å². The molecule has 0 spiro atoms. The van der Waals surface area contributed by atoms with E-state index in [1.165, 1.54) is 0 Å². The average molecular weight is 256 g/mol. The summed E-state index contributed by atoms with van der Waals surface area (Å²) in [5, 5.41) is 0. The minimum atomic E-state index is -2.42. The van der Waals surface area contributed by atoms with Crippen LogP contribution < -0.4 is 0 Å². The van der Waals surface area contributed by atoms with Gasteiger partial charge in [-0.25, -0.2) is 0 Å². The third-order valence-electron chi connectivity index (χ3n) is 0.783. The van der Waals surface area contributed by atoms with E-state index in [1.54, 1.807) is 0 Å². The molecule has 1 rings (SSSR count). The summed E-state index contributed by atoms with van der Waals surface area (Å²) in [6, 6.07) is -0.870. The third-order valence-corrected chi connectivity index (χ3v) is 1.97. The number of benzene rings is 1. The molecule has 0 bridgehead atoms. The summed E-state index contributed by atoms with van der Waals surface area (Å²) in [5.74, 6) is 0. The van der Waals surface area contributed by atoms with Gasteiger partial charge in [0.15, 0.2) is 0 Å². The highest BCUT2D eigenvalue weighted by Gasteiger charge is 1.95. The second-order valence-electron chi connectivity index (χ2n) is 1.38. The number of rotatable bonds is 0. The average Bonchev–Trinajstić information content (AvgIpc) is 2.09. The van der Waals surface area contributed by atoms with Crippen LogP contribution in [-0.2, 0) is 0 Å². The molecule has 0 aromatic heterocycles. The molecule has 1 aromatic carbocycles. The molecular formula is C7H6Br2. The van der Waals surface area contributed by atoms with Crippen molar-refractivity contribution in [2.24, 2.45) is 0 Å². The smallest absolute Gasteiger partial charge is 0.0600 e. The lowest BCUT2D eigenvalue weighted by Crippen LogP contribution is -1.74. The molecule has 0 aliphatic carbocycles. The van der Waals surface area contributed by atoms with Gasteiger partial charge in [0.1, 0.15) is 0 Å². The fraction of sp³-hybridized carbons (Fsp3) is 0.143. The van der Waals surface area contributed by atoms with E-state index in [2.05, 4.69) is 31.9 Å². The van der Waals surface area contributed by atoms with Crippen LogP contribution in [0.25, 0.3) is 0 Å². The molecule has 0 aliphatic rings. The Morgan fingerprint density at radius 2 is 2.00 bits per heavy atom. The van der Waals surface area contributed by atoms with E-state index in [0.29, 0.717) is 0 Å². The molecule has 0 heterocycles. The van der Waals surface area contributed by atoms with Crippen LogP contribution in [0.15, 0.2) is 27.1 Å². The Morgan fingerprint density at radius 1 is 1.44 bits per heavy atom. The molecule has 0 N–H and O–H groups in total. The number of hydrogen-bond acceptors (Lipinski definition) is 0. The molecule has 0 unspecified atom stereocenters. The lowest BCUT2D eigenvalue weighted by Gasteiger charge is -1.97. The Morgan fingerprint density at radius 3 is 2.44 bits per heavy atom. The van der Waals surface area contributed by atoms with Gasteiger partial charge in [0.25, 0.3) is 0 Å². The first kappa shape index (κ1) is 2.67. The molecule has 0 atom stereocenters. The van der Waals surface area contributed by atoms with Gasteiger partial charge in [0, 0.05) is 13.1 Å². The summed E-state index contributed by atoms with van der Waals surface area (Å²) in [6.07, 6.45) is 0. The van der Waals surface area contributed by atoms with Gasteiger partial charge >= 0.3 is 0 Å². The van der Waals surface area contributed by atoms with Gasteiger partial charge in [-0.3, -0.25) is 0 Å². The van der Waals surface area contributed by atoms with Crippen LogP contribution in [0.4, 0.5) is 0 Å². The van der Waals surface area contributed by atoms with Crippen LogP contribution in [0, 0.1) is 6.85 Å². The predicted octanol–water partition coefficient (Wildman–Crippen LogP) is 3.52. The Hall–Kier alpha value is 0.180. The van der Waals surface area contributed by atoms with Gasteiger partial charge < -0.3 is 0 Å². The first-order chi connectivity index (χ1) is 6.68. The molecule has 0 fully saturated rings. The summed E-state index contributed by atoms with van der Waals surface area (Å²) in [4.78, 5) is 0. The standard InChI is InChI=1S/C7H6Br2/c1-5-6(8)3-2-4-7(5)9/h2-4H,1H3/i1D3,2D,3D,4D. The third kappa shape index (κ3) is 1.55. The van der Waals surface area contributed by atoms with Crippen LogP contribution >= 0.6 is 31.9 Å². The highest BCUT2D eigenvalue weighted by molar-refractivity contribution is 9.11. The van der Waals surface area contributed by atoms with Gasteiger partial charge in [-0.15, -0.1) is 0 Å². The Balaban J connectivity index is 3.68. The van der Waals surface area contributed by atoms with Crippen LogP contribution in [0.5, 0.6) is 0 Å². The molecule has 0 saturated carbocycles. The summed E-state index contributed by atoms with van der Waals surface area (Å²) in [6.45, 7) is -2.42. The van der Waals surface area contributed by atoms with Crippen molar-refractivity contribution in [3.05, 3.63) is 32.6 Å².